The molecule has 1 saturated heterocycles. The van der Waals surface area contributed by atoms with Gasteiger partial charge in [-0.1, -0.05) is 0 Å². The van der Waals surface area contributed by atoms with E-state index in [0.29, 0.717) is 12.6 Å². The van der Waals surface area contributed by atoms with Gasteiger partial charge in [0, 0.05) is 12.6 Å². The number of rotatable bonds is 2. The van der Waals surface area contributed by atoms with Crippen molar-refractivity contribution in [3.63, 3.8) is 0 Å². The van der Waals surface area contributed by atoms with Gasteiger partial charge in [0.15, 0.2) is 0 Å². The van der Waals surface area contributed by atoms with E-state index in [2.05, 4.69) is 5.32 Å². The first-order chi connectivity index (χ1) is 4.64. The Morgan fingerprint density at radius 2 is 2.40 bits per heavy atom. The Morgan fingerprint density at radius 3 is 2.80 bits per heavy atom. The van der Waals surface area contributed by atoms with Crippen molar-refractivity contribution >= 4 is 0 Å². The van der Waals surface area contributed by atoms with Crippen LogP contribution < -0.4 is 5.32 Å². The van der Waals surface area contributed by atoms with Crippen LogP contribution in [0.25, 0.3) is 0 Å². The number of hydrogen-bond acceptors (Lipinski definition) is 3. The summed E-state index contributed by atoms with van der Waals surface area (Å²) in [6, 6.07) is 0.333. The molecule has 0 unspecified atom stereocenters. The van der Waals surface area contributed by atoms with E-state index in [1.54, 1.807) is 0 Å². The molecule has 0 bridgehead atoms. The standard InChI is InChI=1S/C7H15NO2/c1-7(2)8-6(3-4-9)5-10-7/h6,8-9H,3-5H2,1-2H3/t6-/m1/s1. The van der Waals surface area contributed by atoms with Crippen LogP contribution in [0.15, 0.2) is 0 Å². The minimum Gasteiger partial charge on any atom is -0.396 e. The third-order valence-electron chi connectivity index (χ3n) is 1.67. The lowest BCUT2D eigenvalue weighted by atomic mass is 10.2. The predicted molar refractivity (Wildman–Crippen MR) is 38.7 cm³/mol. The summed E-state index contributed by atoms with van der Waals surface area (Å²) in [7, 11) is 0. The highest BCUT2D eigenvalue weighted by Gasteiger charge is 2.29. The highest BCUT2D eigenvalue weighted by atomic mass is 16.5. The molecule has 0 aliphatic carbocycles. The molecule has 0 saturated carbocycles. The van der Waals surface area contributed by atoms with E-state index in [1.165, 1.54) is 0 Å². The second kappa shape index (κ2) is 2.86. The predicted octanol–water partition coefficient (Wildman–Crippen LogP) is 0.0933. The molecule has 0 amide bonds. The monoisotopic (exact) mass is 145 g/mol. The fraction of sp³-hybridized carbons (Fsp3) is 1.00. The first kappa shape index (κ1) is 7.98. The number of ether oxygens (including phenoxy) is 1. The van der Waals surface area contributed by atoms with Gasteiger partial charge in [-0.15, -0.1) is 0 Å². The molecule has 3 nitrogen and oxygen atoms in total. The smallest absolute Gasteiger partial charge is 0.113 e. The van der Waals surface area contributed by atoms with E-state index in [1.807, 2.05) is 13.8 Å². The van der Waals surface area contributed by atoms with Crippen molar-refractivity contribution in [1.82, 2.24) is 5.32 Å². The summed E-state index contributed by atoms with van der Waals surface area (Å²) in [5.41, 5.74) is -0.195. The summed E-state index contributed by atoms with van der Waals surface area (Å²) in [4.78, 5) is 0. The van der Waals surface area contributed by atoms with Crippen LogP contribution in [0.4, 0.5) is 0 Å². The van der Waals surface area contributed by atoms with Gasteiger partial charge in [-0.3, -0.25) is 5.32 Å². The summed E-state index contributed by atoms with van der Waals surface area (Å²) in [6.45, 7) is 4.93. The normalized spacial score (nSPS) is 30.9. The molecule has 60 valence electrons. The minimum absolute atomic E-state index is 0.195. The fourth-order valence-electron chi connectivity index (χ4n) is 1.20. The van der Waals surface area contributed by atoms with Crippen LogP contribution in [-0.4, -0.2) is 30.1 Å². The molecule has 10 heavy (non-hydrogen) atoms. The highest BCUT2D eigenvalue weighted by Crippen LogP contribution is 2.15. The highest BCUT2D eigenvalue weighted by molar-refractivity contribution is 4.81. The van der Waals surface area contributed by atoms with Crippen molar-refractivity contribution < 1.29 is 9.84 Å². The zero-order valence-electron chi connectivity index (χ0n) is 6.55. The molecule has 0 radical (unpaired) electrons. The molecule has 0 spiro atoms. The molecule has 0 aromatic rings. The van der Waals surface area contributed by atoms with Gasteiger partial charge in [0.05, 0.1) is 6.61 Å². The van der Waals surface area contributed by atoms with Gasteiger partial charge in [0.1, 0.15) is 5.72 Å². The van der Waals surface area contributed by atoms with Crippen LogP contribution in [0.3, 0.4) is 0 Å². The van der Waals surface area contributed by atoms with Crippen LogP contribution in [0.2, 0.25) is 0 Å². The first-order valence-corrected chi connectivity index (χ1v) is 3.66. The largest absolute Gasteiger partial charge is 0.396 e. The Hall–Kier alpha value is -0.120. The maximum absolute atomic E-state index is 8.60. The van der Waals surface area contributed by atoms with Crippen molar-refractivity contribution in [3.8, 4) is 0 Å². The van der Waals surface area contributed by atoms with Crippen molar-refractivity contribution in [1.29, 1.82) is 0 Å². The lowest BCUT2D eigenvalue weighted by Crippen LogP contribution is -2.38. The van der Waals surface area contributed by atoms with E-state index in [0.717, 1.165) is 6.42 Å². The molecule has 1 rings (SSSR count). The van der Waals surface area contributed by atoms with Gasteiger partial charge in [-0.05, 0) is 20.3 Å². The lowest BCUT2D eigenvalue weighted by Gasteiger charge is -2.17. The molecule has 1 aliphatic rings. The van der Waals surface area contributed by atoms with Crippen LogP contribution in [0.5, 0.6) is 0 Å². The van der Waals surface area contributed by atoms with Gasteiger partial charge >= 0.3 is 0 Å². The number of aliphatic hydroxyl groups excluding tert-OH is 1. The van der Waals surface area contributed by atoms with E-state index in [9.17, 15) is 0 Å². The van der Waals surface area contributed by atoms with E-state index >= 15 is 0 Å². The topological polar surface area (TPSA) is 41.5 Å². The van der Waals surface area contributed by atoms with Crippen LogP contribution in [-0.2, 0) is 4.74 Å². The maximum atomic E-state index is 8.60. The molecule has 1 heterocycles. The van der Waals surface area contributed by atoms with E-state index in [4.69, 9.17) is 9.84 Å². The second-order valence-corrected chi connectivity index (χ2v) is 3.17. The Kier molecular flexibility index (Phi) is 2.28. The first-order valence-electron chi connectivity index (χ1n) is 3.66. The van der Waals surface area contributed by atoms with Crippen LogP contribution in [0.1, 0.15) is 20.3 Å². The Morgan fingerprint density at radius 1 is 1.70 bits per heavy atom. The molecule has 1 aliphatic heterocycles. The Labute approximate surface area is 61.4 Å². The average Bonchev–Trinajstić information content (AvgIpc) is 2.12. The molecule has 2 N–H and O–H groups in total. The summed E-state index contributed by atoms with van der Waals surface area (Å²) in [5, 5.41) is 11.9. The van der Waals surface area contributed by atoms with Crippen molar-refractivity contribution in [2.24, 2.45) is 0 Å². The average molecular weight is 145 g/mol. The number of aliphatic hydroxyl groups is 1. The SMILES string of the molecule is CC1(C)N[C@H](CCO)CO1. The summed E-state index contributed by atoms with van der Waals surface area (Å²) < 4.78 is 5.38. The third kappa shape index (κ3) is 1.94. The minimum atomic E-state index is -0.195. The van der Waals surface area contributed by atoms with Crippen LogP contribution >= 0.6 is 0 Å². The molecular weight excluding hydrogens is 130 g/mol. The number of hydrogen-bond donors (Lipinski definition) is 2. The van der Waals surface area contributed by atoms with Gasteiger partial charge in [0.25, 0.3) is 0 Å². The summed E-state index contributed by atoms with van der Waals surface area (Å²) in [5.74, 6) is 0. The maximum Gasteiger partial charge on any atom is 0.113 e. The molecular formula is C7H15NO2. The lowest BCUT2D eigenvalue weighted by molar-refractivity contribution is 0.0230. The van der Waals surface area contributed by atoms with Crippen LogP contribution in [0, 0.1) is 0 Å². The van der Waals surface area contributed by atoms with Gasteiger partial charge < -0.3 is 9.84 Å². The van der Waals surface area contributed by atoms with Gasteiger partial charge in [-0.2, -0.15) is 0 Å². The Bertz CT molecular complexity index is 114. The van der Waals surface area contributed by atoms with E-state index < -0.39 is 0 Å². The molecule has 0 aromatic heterocycles. The van der Waals surface area contributed by atoms with E-state index in [-0.39, 0.29) is 12.3 Å². The molecule has 3 heteroatoms. The quantitative estimate of drug-likeness (QED) is 0.578. The Balaban J connectivity index is 2.29. The molecule has 1 fully saturated rings. The number of nitrogens with one attached hydrogen (secondary N) is 1. The van der Waals surface area contributed by atoms with Gasteiger partial charge in [0.2, 0.25) is 0 Å². The summed E-state index contributed by atoms with van der Waals surface area (Å²) in [6.07, 6.45) is 0.781. The van der Waals surface area contributed by atoms with Crippen molar-refractivity contribution in [2.45, 2.75) is 32.0 Å². The van der Waals surface area contributed by atoms with Crippen molar-refractivity contribution in [2.75, 3.05) is 13.2 Å². The molecule has 1 atom stereocenters. The summed E-state index contributed by atoms with van der Waals surface area (Å²) >= 11 is 0. The van der Waals surface area contributed by atoms with Gasteiger partial charge in [-0.25, -0.2) is 0 Å². The zero-order valence-corrected chi connectivity index (χ0v) is 6.55. The fourth-order valence-corrected chi connectivity index (χ4v) is 1.20. The molecule has 0 aromatic carbocycles. The zero-order chi connectivity index (χ0) is 7.61. The third-order valence-corrected chi connectivity index (χ3v) is 1.67. The second-order valence-electron chi connectivity index (χ2n) is 3.17. The van der Waals surface area contributed by atoms with Crippen molar-refractivity contribution in [3.05, 3.63) is 0 Å².